The molecule has 0 atom stereocenters. The first kappa shape index (κ1) is 13.9. The first-order chi connectivity index (χ1) is 9.67. The number of rotatable bonds is 5. The maximum Gasteiger partial charge on any atom is 0.330 e. The van der Waals surface area contributed by atoms with E-state index in [1.165, 1.54) is 24.3 Å². The predicted molar refractivity (Wildman–Crippen MR) is 73.5 cm³/mol. The molecule has 0 heterocycles. The molecule has 5 heteroatoms. The Labute approximate surface area is 116 Å². The van der Waals surface area contributed by atoms with Crippen LogP contribution >= 0.6 is 0 Å². The SMILES string of the molecule is COc1ccc(NCC(=O)Oc2ccc(F)cc2)cc1. The quantitative estimate of drug-likeness (QED) is 0.673. The highest BCUT2D eigenvalue weighted by Crippen LogP contribution is 2.15. The normalized spacial score (nSPS) is 9.90. The Morgan fingerprint density at radius 2 is 1.65 bits per heavy atom. The third-order valence-corrected chi connectivity index (χ3v) is 2.57. The molecule has 0 amide bonds. The highest BCUT2D eigenvalue weighted by molar-refractivity contribution is 5.77. The summed E-state index contributed by atoms with van der Waals surface area (Å²) in [5.74, 6) is 0.228. The average Bonchev–Trinajstić information content (AvgIpc) is 2.48. The number of halogens is 1. The van der Waals surface area contributed by atoms with Crippen LogP contribution in [-0.2, 0) is 4.79 Å². The van der Waals surface area contributed by atoms with Gasteiger partial charge in [-0.2, -0.15) is 0 Å². The molecule has 0 spiro atoms. The molecule has 0 aliphatic carbocycles. The van der Waals surface area contributed by atoms with E-state index in [1.807, 2.05) is 0 Å². The number of hydrogen-bond donors (Lipinski definition) is 1. The maximum atomic E-state index is 12.7. The molecule has 2 rings (SSSR count). The van der Waals surface area contributed by atoms with E-state index in [0.29, 0.717) is 5.75 Å². The van der Waals surface area contributed by atoms with Gasteiger partial charge in [0.2, 0.25) is 0 Å². The molecule has 104 valence electrons. The van der Waals surface area contributed by atoms with Crippen molar-refractivity contribution in [3.05, 3.63) is 54.3 Å². The van der Waals surface area contributed by atoms with Gasteiger partial charge < -0.3 is 14.8 Å². The van der Waals surface area contributed by atoms with E-state index in [-0.39, 0.29) is 12.4 Å². The minimum absolute atomic E-state index is 0.0176. The van der Waals surface area contributed by atoms with Crippen molar-refractivity contribution in [2.45, 2.75) is 0 Å². The molecule has 0 bridgehead atoms. The molecule has 0 radical (unpaired) electrons. The number of hydrogen-bond acceptors (Lipinski definition) is 4. The van der Waals surface area contributed by atoms with E-state index in [2.05, 4.69) is 5.32 Å². The first-order valence-corrected chi connectivity index (χ1v) is 6.01. The zero-order chi connectivity index (χ0) is 14.4. The molecule has 0 aliphatic heterocycles. The average molecular weight is 275 g/mol. The summed E-state index contributed by atoms with van der Waals surface area (Å²) in [5, 5.41) is 2.92. The summed E-state index contributed by atoms with van der Waals surface area (Å²) in [5.41, 5.74) is 0.779. The van der Waals surface area contributed by atoms with Crippen molar-refractivity contribution < 1.29 is 18.7 Å². The van der Waals surface area contributed by atoms with Crippen LogP contribution in [0.2, 0.25) is 0 Å². The molecule has 0 unspecified atom stereocenters. The van der Waals surface area contributed by atoms with Crippen molar-refractivity contribution in [3.8, 4) is 11.5 Å². The molecule has 20 heavy (non-hydrogen) atoms. The molecule has 0 aliphatic rings. The number of esters is 1. The van der Waals surface area contributed by atoms with Gasteiger partial charge in [0.05, 0.1) is 7.11 Å². The van der Waals surface area contributed by atoms with Crippen molar-refractivity contribution >= 4 is 11.7 Å². The Bertz CT molecular complexity index is 567. The van der Waals surface area contributed by atoms with Gasteiger partial charge in [-0.3, -0.25) is 0 Å². The van der Waals surface area contributed by atoms with Crippen LogP contribution in [0.15, 0.2) is 48.5 Å². The summed E-state index contributed by atoms with van der Waals surface area (Å²) >= 11 is 0. The van der Waals surface area contributed by atoms with Crippen molar-refractivity contribution in [2.75, 3.05) is 19.0 Å². The molecular weight excluding hydrogens is 261 g/mol. The zero-order valence-corrected chi connectivity index (χ0v) is 10.9. The summed E-state index contributed by atoms with van der Waals surface area (Å²) in [6, 6.07) is 12.4. The van der Waals surface area contributed by atoms with E-state index in [1.54, 1.807) is 31.4 Å². The van der Waals surface area contributed by atoms with Crippen LogP contribution < -0.4 is 14.8 Å². The molecule has 4 nitrogen and oxygen atoms in total. The molecule has 1 N–H and O–H groups in total. The third kappa shape index (κ3) is 3.98. The summed E-state index contributed by atoms with van der Waals surface area (Å²) < 4.78 is 22.8. The zero-order valence-electron chi connectivity index (χ0n) is 10.9. The fourth-order valence-electron chi connectivity index (χ4n) is 1.55. The van der Waals surface area contributed by atoms with Gasteiger partial charge in [-0.15, -0.1) is 0 Å². The Balaban J connectivity index is 1.83. The Morgan fingerprint density at radius 1 is 1.05 bits per heavy atom. The third-order valence-electron chi connectivity index (χ3n) is 2.57. The lowest BCUT2D eigenvalue weighted by Crippen LogP contribution is -2.19. The highest BCUT2D eigenvalue weighted by atomic mass is 19.1. The second-order valence-corrected chi connectivity index (χ2v) is 4.01. The van der Waals surface area contributed by atoms with Gasteiger partial charge in [0.25, 0.3) is 0 Å². The van der Waals surface area contributed by atoms with Crippen LogP contribution in [0, 0.1) is 5.82 Å². The van der Waals surface area contributed by atoms with Crippen molar-refractivity contribution in [2.24, 2.45) is 0 Å². The second kappa shape index (κ2) is 6.56. The van der Waals surface area contributed by atoms with E-state index in [4.69, 9.17) is 9.47 Å². The fourth-order valence-corrected chi connectivity index (χ4v) is 1.55. The van der Waals surface area contributed by atoms with Gasteiger partial charge >= 0.3 is 5.97 Å². The molecule has 0 saturated carbocycles. The van der Waals surface area contributed by atoms with Crippen LogP contribution in [0.1, 0.15) is 0 Å². The van der Waals surface area contributed by atoms with Crippen molar-refractivity contribution in [1.82, 2.24) is 0 Å². The minimum Gasteiger partial charge on any atom is -0.497 e. The van der Waals surface area contributed by atoms with Gasteiger partial charge in [0.1, 0.15) is 23.9 Å². The van der Waals surface area contributed by atoms with Gasteiger partial charge in [-0.25, -0.2) is 9.18 Å². The van der Waals surface area contributed by atoms with Gasteiger partial charge in [-0.05, 0) is 48.5 Å². The van der Waals surface area contributed by atoms with Gasteiger partial charge in [0, 0.05) is 5.69 Å². The molecule has 0 fully saturated rings. The van der Waals surface area contributed by atoms with E-state index in [0.717, 1.165) is 11.4 Å². The number of carbonyl (C=O) groups is 1. The fraction of sp³-hybridized carbons (Fsp3) is 0.133. The first-order valence-electron chi connectivity index (χ1n) is 6.01. The summed E-state index contributed by atoms with van der Waals surface area (Å²) in [7, 11) is 1.59. The summed E-state index contributed by atoms with van der Waals surface area (Å²) in [6.45, 7) is 0.0176. The Hall–Kier alpha value is -2.56. The molecular formula is C15H14FNO3. The molecule has 2 aromatic rings. The largest absolute Gasteiger partial charge is 0.497 e. The molecule has 0 saturated heterocycles. The molecule has 2 aromatic carbocycles. The van der Waals surface area contributed by atoms with Crippen LogP contribution in [0.4, 0.5) is 10.1 Å². The highest BCUT2D eigenvalue weighted by Gasteiger charge is 2.05. The number of carbonyl (C=O) groups excluding carboxylic acids is 1. The number of benzene rings is 2. The van der Waals surface area contributed by atoms with Crippen molar-refractivity contribution in [3.63, 3.8) is 0 Å². The van der Waals surface area contributed by atoms with Crippen LogP contribution in [-0.4, -0.2) is 19.6 Å². The monoisotopic (exact) mass is 275 g/mol. The maximum absolute atomic E-state index is 12.7. The molecule has 0 aromatic heterocycles. The Morgan fingerprint density at radius 3 is 2.25 bits per heavy atom. The lowest BCUT2D eigenvalue weighted by molar-refractivity contribution is -0.132. The second-order valence-electron chi connectivity index (χ2n) is 4.01. The van der Waals surface area contributed by atoms with Crippen molar-refractivity contribution in [1.29, 1.82) is 0 Å². The van der Waals surface area contributed by atoms with Crippen LogP contribution in [0.25, 0.3) is 0 Å². The van der Waals surface area contributed by atoms with Crippen LogP contribution in [0.3, 0.4) is 0 Å². The lowest BCUT2D eigenvalue weighted by atomic mass is 10.3. The smallest absolute Gasteiger partial charge is 0.330 e. The van der Waals surface area contributed by atoms with E-state index >= 15 is 0 Å². The standard InChI is InChI=1S/C15H14FNO3/c1-19-13-8-4-12(5-9-13)17-10-15(18)20-14-6-2-11(16)3-7-14/h2-9,17H,10H2,1H3. The van der Waals surface area contributed by atoms with E-state index < -0.39 is 5.97 Å². The minimum atomic E-state index is -0.451. The number of ether oxygens (including phenoxy) is 2. The Kier molecular flexibility index (Phi) is 4.55. The predicted octanol–water partition coefficient (Wildman–Crippen LogP) is 2.85. The number of nitrogens with one attached hydrogen (secondary N) is 1. The van der Waals surface area contributed by atoms with Gasteiger partial charge in [-0.1, -0.05) is 0 Å². The lowest BCUT2D eigenvalue weighted by Gasteiger charge is -2.07. The number of anilines is 1. The van der Waals surface area contributed by atoms with E-state index in [9.17, 15) is 9.18 Å². The topological polar surface area (TPSA) is 47.6 Å². The summed E-state index contributed by atoms with van der Waals surface area (Å²) in [4.78, 5) is 11.6. The van der Waals surface area contributed by atoms with Crippen LogP contribution in [0.5, 0.6) is 11.5 Å². The number of methoxy groups -OCH3 is 1. The summed E-state index contributed by atoms with van der Waals surface area (Å²) in [6.07, 6.45) is 0. The van der Waals surface area contributed by atoms with Gasteiger partial charge in [0.15, 0.2) is 0 Å².